The first-order valence-corrected chi connectivity index (χ1v) is 9.47. The monoisotopic (exact) mass is 423 g/mol. The smallest absolute Gasteiger partial charge is 0.367 e. The van der Waals surface area contributed by atoms with Gasteiger partial charge in [-0.05, 0) is 18.2 Å². The Morgan fingerprint density at radius 1 is 1.34 bits per heavy atom. The number of nitriles is 1. The predicted octanol–water partition coefficient (Wildman–Crippen LogP) is 2.11. The van der Waals surface area contributed by atoms with Crippen LogP contribution in [0.2, 0.25) is 0 Å². The summed E-state index contributed by atoms with van der Waals surface area (Å²) in [6.45, 7) is 0.376. The van der Waals surface area contributed by atoms with Crippen molar-refractivity contribution in [1.82, 2.24) is 15.2 Å². The molecule has 1 aromatic heterocycles. The molecule has 0 saturated carbocycles. The van der Waals surface area contributed by atoms with E-state index >= 15 is 0 Å². The fourth-order valence-electron chi connectivity index (χ4n) is 3.18. The Balaban J connectivity index is 1.90. The lowest BCUT2D eigenvalue weighted by molar-refractivity contribution is -0.137. The largest absolute Gasteiger partial charge is 0.417 e. The fraction of sp³-hybridized carbons (Fsp3) is 0.333. The van der Waals surface area contributed by atoms with E-state index < -0.39 is 35.2 Å². The molecule has 1 unspecified atom stereocenters. The molecule has 1 saturated heterocycles. The van der Waals surface area contributed by atoms with Crippen LogP contribution >= 0.6 is 11.3 Å². The zero-order chi connectivity index (χ0) is 21.2. The molecule has 0 aliphatic carbocycles. The van der Waals surface area contributed by atoms with Crippen LogP contribution in [0.15, 0.2) is 29.1 Å². The number of carbonyl (C=O) groups excluding carboxylic acids is 2. The van der Waals surface area contributed by atoms with Crippen molar-refractivity contribution >= 4 is 28.8 Å². The van der Waals surface area contributed by atoms with E-state index in [2.05, 4.69) is 10.3 Å². The molecule has 1 N–H and O–H groups in total. The van der Waals surface area contributed by atoms with E-state index in [-0.39, 0.29) is 31.0 Å². The predicted molar refractivity (Wildman–Crippen MR) is 99.4 cm³/mol. The summed E-state index contributed by atoms with van der Waals surface area (Å²) in [5, 5.41) is 13.0. The summed E-state index contributed by atoms with van der Waals surface area (Å²) in [7, 11) is 1.43. The maximum Gasteiger partial charge on any atom is 0.417 e. The zero-order valence-corrected chi connectivity index (χ0v) is 16.0. The number of thiazole rings is 1. The molecule has 2 aromatic rings. The van der Waals surface area contributed by atoms with Gasteiger partial charge in [0.15, 0.2) is 0 Å². The van der Waals surface area contributed by atoms with Crippen LogP contribution in [0, 0.1) is 11.3 Å². The molecule has 1 aliphatic rings. The second kappa shape index (κ2) is 8.08. The van der Waals surface area contributed by atoms with Gasteiger partial charge in [-0.2, -0.15) is 18.4 Å². The number of halogens is 3. The van der Waals surface area contributed by atoms with Gasteiger partial charge in [-0.25, -0.2) is 4.98 Å². The number of hydrogen-bond acceptors (Lipinski definition) is 6. The summed E-state index contributed by atoms with van der Waals surface area (Å²) in [6.07, 6.45) is -4.68. The molecule has 1 atom stereocenters. The third kappa shape index (κ3) is 4.17. The molecule has 1 fully saturated rings. The second-order valence-corrected chi connectivity index (χ2v) is 7.01. The standard InChI is InChI=1S/C18H16F3N5O2S/c1-23-16(27)15-8-25(4-5-26(15)17(28)14-9-29-10-24-14)12-3-2-11(7-22)13(6-12)18(19,20)21/h2-3,6,9-10,15H,4-5,8H2,1H3,(H,23,27). The topological polar surface area (TPSA) is 89.3 Å². The minimum atomic E-state index is -4.68. The lowest BCUT2D eigenvalue weighted by Gasteiger charge is -2.41. The number of rotatable bonds is 3. The van der Waals surface area contributed by atoms with Gasteiger partial charge in [0.25, 0.3) is 5.91 Å². The Kier molecular flexibility index (Phi) is 5.74. The second-order valence-electron chi connectivity index (χ2n) is 6.29. The van der Waals surface area contributed by atoms with Gasteiger partial charge in [0.05, 0.1) is 22.7 Å². The summed E-state index contributed by atoms with van der Waals surface area (Å²) >= 11 is 1.25. The zero-order valence-electron chi connectivity index (χ0n) is 15.2. The van der Waals surface area contributed by atoms with E-state index in [0.717, 1.165) is 12.1 Å². The van der Waals surface area contributed by atoms with Gasteiger partial charge in [-0.15, -0.1) is 11.3 Å². The van der Waals surface area contributed by atoms with Gasteiger partial charge in [-0.1, -0.05) is 0 Å². The molecule has 0 bridgehead atoms. The number of nitrogens with one attached hydrogen (secondary N) is 1. The number of amides is 2. The van der Waals surface area contributed by atoms with Crippen molar-refractivity contribution in [2.24, 2.45) is 0 Å². The van der Waals surface area contributed by atoms with Crippen LogP contribution in [0.5, 0.6) is 0 Å². The molecule has 29 heavy (non-hydrogen) atoms. The Labute approximate surface area is 168 Å². The Hall–Kier alpha value is -3.13. The van der Waals surface area contributed by atoms with Crippen LogP contribution in [0.3, 0.4) is 0 Å². The van der Waals surface area contributed by atoms with E-state index in [0.29, 0.717) is 0 Å². The number of likely N-dealkylation sites (N-methyl/N-ethyl adjacent to an activating group) is 1. The average Bonchev–Trinajstić information content (AvgIpc) is 3.26. The minimum absolute atomic E-state index is 0.0126. The first-order valence-electron chi connectivity index (χ1n) is 8.53. The molecule has 3 rings (SSSR count). The number of alkyl halides is 3. The van der Waals surface area contributed by atoms with Crippen molar-refractivity contribution in [2.45, 2.75) is 12.2 Å². The van der Waals surface area contributed by atoms with Crippen molar-refractivity contribution in [3.63, 3.8) is 0 Å². The van der Waals surface area contributed by atoms with Crippen LogP contribution in [-0.2, 0) is 11.0 Å². The van der Waals surface area contributed by atoms with Gasteiger partial charge in [0.2, 0.25) is 5.91 Å². The fourth-order valence-corrected chi connectivity index (χ4v) is 3.70. The van der Waals surface area contributed by atoms with E-state index in [1.165, 1.54) is 34.9 Å². The molecular weight excluding hydrogens is 407 g/mol. The lowest BCUT2D eigenvalue weighted by atomic mass is 10.0. The third-order valence-corrected chi connectivity index (χ3v) is 5.22. The molecule has 0 spiro atoms. The van der Waals surface area contributed by atoms with Gasteiger partial charge >= 0.3 is 6.18 Å². The quantitative estimate of drug-likeness (QED) is 0.817. The van der Waals surface area contributed by atoms with E-state index in [1.807, 2.05) is 0 Å². The number of nitrogens with zero attached hydrogens (tertiary/aromatic N) is 4. The maximum absolute atomic E-state index is 13.3. The normalized spacial score (nSPS) is 17.0. The highest BCUT2D eigenvalue weighted by molar-refractivity contribution is 7.07. The minimum Gasteiger partial charge on any atom is -0.367 e. The SMILES string of the molecule is CNC(=O)C1CN(c2ccc(C#N)c(C(F)(F)F)c2)CCN1C(=O)c1cscn1. The number of aromatic nitrogens is 1. The molecule has 2 heterocycles. The summed E-state index contributed by atoms with van der Waals surface area (Å²) in [5.41, 5.74) is 0.450. The van der Waals surface area contributed by atoms with Crippen molar-refractivity contribution in [3.05, 3.63) is 45.9 Å². The molecule has 2 amide bonds. The summed E-state index contributed by atoms with van der Waals surface area (Å²) in [4.78, 5) is 32.0. The van der Waals surface area contributed by atoms with Gasteiger partial charge < -0.3 is 15.1 Å². The Morgan fingerprint density at radius 3 is 2.69 bits per heavy atom. The third-order valence-electron chi connectivity index (χ3n) is 4.64. The molecule has 152 valence electrons. The maximum atomic E-state index is 13.3. The van der Waals surface area contributed by atoms with Crippen LogP contribution in [0.1, 0.15) is 21.6 Å². The van der Waals surface area contributed by atoms with Gasteiger partial charge in [-0.3, -0.25) is 9.59 Å². The number of carbonyl (C=O) groups is 2. The van der Waals surface area contributed by atoms with Crippen molar-refractivity contribution in [3.8, 4) is 6.07 Å². The van der Waals surface area contributed by atoms with Crippen LogP contribution in [-0.4, -0.2) is 54.4 Å². The van der Waals surface area contributed by atoms with Gasteiger partial charge in [0, 0.05) is 37.7 Å². The summed E-state index contributed by atoms with van der Waals surface area (Å²) in [5.74, 6) is -0.835. The van der Waals surface area contributed by atoms with E-state index in [9.17, 15) is 22.8 Å². The molecule has 7 nitrogen and oxygen atoms in total. The highest BCUT2D eigenvalue weighted by atomic mass is 32.1. The molecule has 0 radical (unpaired) electrons. The summed E-state index contributed by atoms with van der Waals surface area (Å²) < 4.78 is 39.8. The Bertz CT molecular complexity index is 955. The van der Waals surface area contributed by atoms with Crippen LogP contribution < -0.4 is 10.2 Å². The van der Waals surface area contributed by atoms with E-state index in [1.54, 1.807) is 16.3 Å². The highest BCUT2D eigenvalue weighted by Crippen LogP contribution is 2.35. The van der Waals surface area contributed by atoms with E-state index in [4.69, 9.17) is 5.26 Å². The molecule has 1 aliphatic heterocycles. The number of piperazine rings is 1. The first-order chi connectivity index (χ1) is 13.8. The van der Waals surface area contributed by atoms with Crippen molar-refractivity contribution < 1.29 is 22.8 Å². The molecular formula is C18H16F3N5O2S. The molecule has 11 heteroatoms. The molecule has 1 aromatic carbocycles. The number of anilines is 1. The van der Waals surface area contributed by atoms with Crippen molar-refractivity contribution in [1.29, 1.82) is 5.26 Å². The number of hydrogen-bond donors (Lipinski definition) is 1. The number of benzene rings is 1. The Morgan fingerprint density at radius 2 is 2.10 bits per heavy atom. The first kappa shape index (κ1) is 20.6. The summed E-state index contributed by atoms with van der Waals surface area (Å²) in [6, 6.07) is 4.07. The van der Waals surface area contributed by atoms with Gasteiger partial charge in [0.1, 0.15) is 11.7 Å². The lowest BCUT2D eigenvalue weighted by Crippen LogP contribution is -2.60. The average molecular weight is 423 g/mol. The highest BCUT2D eigenvalue weighted by Gasteiger charge is 2.38. The van der Waals surface area contributed by atoms with Crippen LogP contribution in [0.25, 0.3) is 0 Å². The van der Waals surface area contributed by atoms with Crippen LogP contribution in [0.4, 0.5) is 18.9 Å². The van der Waals surface area contributed by atoms with Crippen molar-refractivity contribution in [2.75, 3.05) is 31.6 Å².